The van der Waals surface area contributed by atoms with Gasteiger partial charge in [-0.3, -0.25) is 0 Å². The van der Waals surface area contributed by atoms with Crippen molar-refractivity contribution in [1.29, 1.82) is 0 Å². The van der Waals surface area contributed by atoms with Crippen molar-refractivity contribution in [3.63, 3.8) is 0 Å². The van der Waals surface area contributed by atoms with E-state index in [0.717, 1.165) is 5.75 Å². The SMILES string of the molecule is CC(C)c1cccc(OCCN=C=O)c1. The first-order valence-corrected chi connectivity index (χ1v) is 5.00. The number of rotatable bonds is 5. The number of isocyanates is 1. The van der Waals surface area contributed by atoms with E-state index < -0.39 is 0 Å². The van der Waals surface area contributed by atoms with Gasteiger partial charge in [0, 0.05) is 0 Å². The Kier molecular flexibility index (Phi) is 4.58. The Hall–Kier alpha value is -1.60. The van der Waals surface area contributed by atoms with E-state index in [1.165, 1.54) is 11.6 Å². The average Bonchev–Trinajstić information content (AvgIpc) is 2.25. The molecular weight excluding hydrogens is 190 g/mol. The maximum absolute atomic E-state index is 9.81. The molecule has 80 valence electrons. The fourth-order valence-electron chi connectivity index (χ4n) is 1.22. The van der Waals surface area contributed by atoms with E-state index >= 15 is 0 Å². The number of carbonyl (C=O) groups excluding carboxylic acids is 1. The van der Waals surface area contributed by atoms with Crippen molar-refractivity contribution < 1.29 is 9.53 Å². The molecule has 3 heteroatoms. The summed E-state index contributed by atoms with van der Waals surface area (Å²) in [5.41, 5.74) is 1.24. The summed E-state index contributed by atoms with van der Waals surface area (Å²) in [7, 11) is 0. The van der Waals surface area contributed by atoms with E-state index in [-0.39, 0.29) is 0 Å². The quantitative estimate of drug-likeness (QED) is 0.421. The van der Waals surface area contributed by atoms with Crippen LogP contribution in [0.15, 0.2) is 29.3 Å². The minimum absolute atomic E-state index is 0.357. The number of aliphatic imine (C=N–C) groups is 1. The molecule has 0 aliphatic heterocycles. The summed E-state index contributed by atoms with van der Waals surface area (Å²) in [6.45, 7) is 5.04. The fraction of sp³-hybridized carbons (Fsp3) is 0.417. The van der Waals surface area contributed by atoms with Crippen molar-refractivity contribution >= 4 is 6.08 Å². The first-order chi connectivity index (χ1) is 7.24. The molecule has 0 atom stereocenters. The van der Waals surface area contributed by atoms with Crippen molar-refractivity contribution in [3.8, 4) is 5.75 Å². The zero-order valence-corrected chi connectivity index (χ0v) is 9.06. The standard InChI is InChI=1S/C12H15NO2/c1-10(2)11-4-3-5-12(8-11)15-7-6-13-9-14/h3-5,8,10H,6-7H2,1-2H3. The van der Waals surface area contributed by atoms with Crippen LogP contribution in [0.4, 0.5) is 0 Å². The second-order valence-electron chi connectivity index (χ2n) is 3.55. The molecule has 3 nitrogen and oxygen atoms in total. The molecule has 0 heterocycles. The third-order valence-electron chi connectivity index (χ3n) is 2.06. The number of benzene rings is 1. The van der Waals surface area contributed by atoms with Gasteiger partial charge in [-0.1, -0.05) is 26.0 Å². The van der Waals surface area contributed by atoms with Gasteiger partial charge in [0.05, 0.1) is 6.54 Å². The smallest absolute Gasteiger partial charge is 0.235 e. The summed E-state index contributed by atoms with van der Waals surface area (Å²) in [6, 6.07) is 7.94. The van der Waals surface area contributed by atoms with Gasteiger partial charge in [0.2, 0.25) is 6.08 Å². The Bertz CT molecular complexity index is 354. The second kappa shape index (κ2) is 5.99. The highest BCUT2D eigenvalue weighted by Gasteiger charge is 2.00. The maximum atomic E-state index is 9.81. The minimum atomic E-state index is 0.357. The molecule has 0 saturated carbocycles. The molecule has 1 aromatic carbocycles. The van der Waals surface area contributed by atoms with E-state index in [4.69, 9.17) is 4.74 Å². The third-order valence-corrected chi connectivity index (χ3v) is 2.06. The van der Waals surface area contributed by atoms with E-state index in [1.807, 2.05) is 18.2 Å². The largest absolute Gasteiger partial charge is 0.492 e. The normalized spacial score (nSPS) is 9.80. The van der Waals surface area contributed by atoms with Gasteiger partial charge in [-0.15, -0.1) is 0 Å². The molecule has 0 aliphatic carbocycles. The van der Waals surface area contributed by atoms with Crippen LogP contribution >= 0.6 is 0 Å². The first kappa shape index (κ1) is 11.5. The number of nitrogens with zero attached hydrogens (tertiary/aromatic N) is 1. The summed E-state index contributed by atoms with van der Waals surface area (Å²) >= 11 is 0. The first-order valence-electron chi connectivity index (χ1n) is 5.00. The lowest BCUT2D eigenvalue weighted by molar-refractivity contribution is 0.328. The Morgan fingerprint density at radius 2 is 2.27 bits per heavy atom. The highest BCUT2D eigenvalue weighted by atomic mass is 16.5. The molecule has 0 fully saturated rings. The summed E-state index contributed by atoms with van der Waals surface area (Å²) in [5.74, 6) is 1.31. The third kappa shape index (κ3) is 3.96. The molecule has 15 heavy (non-hydrogen) atoms. The Morgan fingerprint density at radius 3 is 2.93 bits per heavy atom. The van der Waals surface area contributed by atoms with E-state index in [2.05, 4.69) is 24.9 Å². The molecule has 0 spiro atoms. The molecule has 0 N–H and O–H groups in total. The number of ether oxygens (including phenoxy) is 1. The molecule has 1 aromatic rings. The van der Waals surface area contributed by atoms with Crippen LogP contribution < -0.4 is 4.74 Å². The van der Waals surface area contributed by atoms with E-state index in [0.29, 0.717) is 19.1 Å². The van der Waals surface area contributed by atoms with E-state index in [1.54, 1.807) is 0 Å². The lowest BCUT2D eigenvalue weighted by Gasteiger charge is -2.08. The Balaban J connectivity index is 2.54. The fourth-order valence-corrected chi connectivity index (χ4v) is 1.22. The van der Waals surface area contributed by atoms with Crippen molar-refractivity contribution in [2.24, 2.45) is 4.99 Å². The van der Waals surface area contributed by atoms with Crippen molar-refractivity contribution in [2.75, 3.05) is 13.2 Å². The Labute approximate surface area is 89.8 Å². The van der Waals surface area contributed by atoms with Crippen LogP contribution in [0.25, 0.3) is 0 Å². The van der Waals surface area contributed by atoms with Gasteiger partial charge in [-0.2, -0.15) is 0 Å². The highest BCUT2D eigenvalue weighted by molar-refractivity contribution is 5.33. The maximum Gasteiger partial charge on any atom is 0.235 e. The van der Waals surface area contributed by atoms with Gasteiger partial charge in [-0.05, 0) is 23.6 Å². The number of hydrogen-bond donors (Lipinski definition) is 0. The molecule has 0 aromatic heterocycles. The molecule has 0 radical (unpaired) electrons. The molecule has 0 bridgehead atoms. The topological polar surface area (TPSA) is 38.7 Å². The average molecular weight is 205 g/mol. The van der Waals surface area contributed by atoms with Crippen LogP contribution in [-0.4, -0.2) is 19.2 Å². The van der Waals surface area contributed by atoms with Gasteiger partial charge < -0.3 is 4.74 Å². The summed E-state index contributed by atoms with van der Waals surface area (Å²) in [4.78, 5) is 13.2. The monoisotopic (exact) mass is 205 g/mol. The van der Waals surface area contributed by atoms with Crippen LogP contribution in [0.2, 0.25) is 0 Å². The van der Waals surface area contributed by atoms with Crippen LogP contribution in [0.3, 0.4) is 0 Å². The lowest BCUT2D eigenvalue weighted by Crippen LogP contribution is -2.01. The summed E-state index contributed by atoms with van der Waals surface area (Å²) < 4.78 is 5.43. The summed E-state index contributed by atoms with van der Waals surface area (Å²) in [6.07, 6.45) is 1.48. The zero-order valence-electron chi connectivity index (χ0n) is 9.06. The predicted molar refractivity (Wildman–Crippen MR) is 59.0 cm³/mol. The highest BCUT2D eigenvalue weighted by Crippen LogP contribution is 2.19. The van der Waals surface area contributed by atoms with Gasteiger partial charge in [0.1, 0.15) is 12.4 Å². The predicted octanol–water partition coefficient (Wildman–Crippen LogP) is 2.52. The molecule has 1 rings (SSSR count). The number of hydrogen-bond acceptors (Lipinski definition) is 3. The van der Waals surface area contributed by atoms with Crippen molar-refractivity contribution in [3.05, 3.63) is 29.8 Å². The van der Waals surface area contributed by atoms with Gasteiger partial charge in [-0.25, -0.2) is 9.79 Å². The second-order valence-corrected chi connectivity index (χ2v) is 3.55. The Morgan fingerprint density at radius 1 is 1.47 bits per heavy atom. The van der Waals surface area contributed by atoms with Crippen LogP contribution in [0.5, 0.6) is 5.75 Å². The van der Waals surface area contributed by atoms with Gasteiger partial charge >= 0.3 is 0 Å². The van der Waals surface area contributed by atoms with Gasteiger partial charge in [0.15, 0.2) is 0 Å². The van der Waals surface area contributed by atoms with Crippen molar-refractivity contribution in [2.45, 2.75) is 19.8 Å². The van der Waals surface area contributed by atoms with Crippen molar-refractivity contribution in [1.82, 2.24) is 0 Å². The molecule has 0 unspecified atom stereocenters. The van der Waals surface area contributed by atoms with E-state index in [9.17, 15) is 4.79 Å². The zero-order chi connectivity index (χ0) is 11.1. The van der Waals surface area contributed by atoms with Crippen LogP contribution in [0.1, 0.15) is 25.3 Å². The van der Waals surface area contributed by atoms with Crippen LogP contribution in [-0.2, 0) is 4.79 Å². The molecule has 0 amide bonds. The van der Waals surface area contributed by atoms with Crippen LogP contribution in [0, 0.1) is 0 Å². The minimum Gasteiger partial charge on any atom is -0.492 e. The van der Waals surface area contributed by atoms with Gasteiger partial charge in [0.25, 0.3) is 0 Å². The molecular formula is C12H15NO2. The lowest BCUT2D eigenvalue weighted by atomic mass is 10.0. The molecule has 0 aliphatic rings. The molecule has 0 saturated heterocycles. The summed E-state index contributed by atoms with van der Waals surface area (Å²) in [5, 5.41) is 0.